The molecule has 1 aromatic rings. The van der Waals surface area contributed by atoms with E-state index in [4.69, 9.17) is 21.1 Å². The first-order chi connectivity index (χ1) is 6.74. The molecule has 3 nitrogen and oxygen atoms in total. The van der Waals surface area contributed by atoms with Gasteiger partial charge in [0.05, 0.1) is 10.5 Å². The fourth-order valence-electron chi connectivity index (χ4n) is 1.30. The highest BCUT2D eigenvalue weighted by molar-refractivity contribution is 7.98. The van der Waals surface area contributed by atoms with E-state index in [1.165, 1.54) is 11.8 Å². The second-order valence-electron chi connectivity index (χ2n) is 2.65. The summed E-state index contributed by atoms with van der Waals surface area (Å²) in [6, 6.07) is 3.34. The van der Waals surface area contributed by atoms with Gasteiger partial charge in [-0.1, -0.05) is 0 Å². The molecule has 5 heteroatoms. The van der Waals surface area contributed by atoms with Crippen LogP contribution in [0.1, 0.15) is 10.4 Å². The van der Waals surface area contributed by atoms with E-state index < -0.39 is 5.24 Å². The number of carbonyl (C=O) groups is 1. The largest absolute Gasteiger partial charge is 0.454 e. The van der Waals surface area contributed by atoms with Crippen molar-refractivity contribution in [2.75, 3.05) is 13.0 Å². The van der Waals surface area contributed by atoms with Crippen molar-refractivity contribution in [1.82, 2.24) is 0 Å². The second kappa shape index (κ2) is 3.71. The first-order valence-electron chi connectivity index (χ1n) is 3.90. The monoisotopic (exact) mass is 230 g/mol. The Bertz CT molecular complexity index is 392. The molecule has 0 unspecified atom stereocenters. The summed E-state index contributed by atoms with van der Waals surface area (Å²) in [7, 11) is 0. The number of benzene rings is 1. The van der Waals surface area contributed by atoms with Gasteiger partial charge in [-0.05, 0) is 30.0 Å². The molecule has 0 saturated carbocycles. The molecule has 1 aromatic carbocycles. The molecule has 0 atom stereocenters. The Morgan fingerprint density at radius 3 is 2.93 bits per heavy atom. The molecule has 0 spiro atoms. The van der Waals surface area contributed by atoms with Crippen LogP contribution in [0.15, 0.2) is 17.0 Å². The highest BCUT2D eigenvalue weighted by atomic mass is 35.5. The number of hydrogen-bond donors (Lipinski definition) is 0. The standard InChI is InChI=1S/C9H7ClO3S/c1-14-8-5(9(10)11)2-3-6-7(8)13-4-12-6/h2-3H,4H2,1H3. The highest BCUT2D eigenvalue weighted by Gasteiger charge is 2.22. The molecule has 1 aliphatic heterocycles. The number of carbonyl (C=O) groups excluding carboxylic acids is 1. The molecule has 0 saturated heterocycles. The van der Waals surface area contributed by atoms with Crippen LogP contribution in [0.4, 0.5) is 0 Å². The van der Waals surface area contributed by atoms with Crippen molar-refractivity contribution in [2.24, 2.45) is 0 Å². The molecule has 0 radical (unpaired) electrons. The van der Waals surface area contributed by atoms with Crippen LogP contribution in [-0.2, 0) is 0 Å². The lowest BCUT2D eigenvalue weighted by atomic mass is 10.2. The van der Waals surface area contributed by atoms with Gasteiger partial charge < -0.3 is 9.47 Å². The minimum Gasteiger partial charge on any atom is -0.454 e. The fourth-order valence-corrected chi connectivity index (χ4v) is 2.24. The van der Waals surface area contributed by atoms with Crippen molar-refractivity contribution in [2.45, 2.75) is 4.90 Å². The maximum atomic E-state index is 11.1. The molecule has 0 N–H and O–H groups in total. The Balaban J connectivity index is 2.59. The Labute approximate surface area is 90.3 Å². The van der Waals surface area contributed by atoms with Gasteiger partial charge in [0.2, 0.25) is 6.79 Å². The van der Waals surface area contributed by atoms with Crippen molar-refractivity contribution in [1.29, 1.82) is 0 Å². The molecule has 0 bridgehead atoms. The van der Waals surface area contributed by atoms with E-state index in [0.717, 1.165) is 4.90 Å². The summed E-state index contributed by atoms with van der Waals surface area (Å²) >= 11 is 6.86. The van der Waals surface area contributed by atoms with Crippen LogP contribution in [0.25, 0.3) is 0 Å². The number of ether oxygens (including phenoxy) is 2. The minimum atomic E-state index is -0.479. The van der Waals surface area contributed by atoms with Crippen molar-refractivity contribution < 1.29 is 14.3 Å². The molecular weight excluding hydrogens is 224 g/mol. The summed E-state index contributed by atoms with van der Waals surface area (Å²) in [5.74, 6) is 1.28. The summed E-state index contributed by atoms with van der Waals surface area (Å²) in [6.07, 6.45) is 1.86. The molecule has 14 heavy (non-hydrogen) atoms. The van der Waals surface area contributed by atoms with Gasteiger partial charge in [0.15, 0.2) is 11.5 Å². The van der Waals surface area contributed by atoms with E-state index in [2.05, 4.69) is 0 Å². The second-order valence-corrected chi connectivity index (χ2v) is 3.81. The van der Waals surface area contributed by atoms with Crippen molar-refractivity contribution >= 4 is 28.6 Å². The Morgan fingerprint density at radius 2 is 2.29 bits per heavy atom. The molecule has 0 amide bonds. The summed E-state index contributed by atoms with van der Waals surface area (Å²) in [5, 5.41) is -0.479. The van der Waals surface area contributed by atoms with Gasteiger partial charge >= 0.3 is 0 Å². The predicted molar refractivity (Wildman–Crippen MR) is 54.5 cm³/mol. The Morgan fingerprint density at radius 1 is 1.50 bits per heavy atom. The van der Waals surface area contributed by atoms with Gasteiger partial charge in [-0.25, -0.2) is 0 Å². The SMILES string of the molecule is CSc1c(C(=O)Cl)ccc2c1OCO2. The van der Waals surface area contributed by atoms with E-state index in [1.807, 2.05) is 6.26 Å². The van der Waals surface area contributed by atoms with E-state index in [-0.39, 0.29) is 6.79 Å². The molecule has 2 rings (SSSR count). The van der Waals surface area contributed by atoms with Crippen LogP contribution >= 0.6 is 23.4 Å². The topological polar surface area (TPSA) is 35.5 Å². The zero-order valence-corrected chi connectivity index (χ0v) is 8.95. The summed E-state index contributed by atoms with van der Waals surface area (Å²) < 4.78 is 10.4. The van der Waals surface area contributed by atoms with Crippen molar-refractivity contribution in [3.63, 3.8) is 0 Å². The van der Waals surface area contributed by atoms with Crippen LogP contribution in [0.2, 0.25) is 0 Å². The third-order valence-corrected chi connectivity index (χ3v) is 2.93. The van der Waals surface area contributed by atoms with Crippen LogP contribution in [-0.4, -0.2) is 18.3 Å². The molecule has 1 aliphatic rings. The van der Waals surface area contributed by atoms with Gasteiger partial charge in [0.1, 0.15) is 0 Å². The molecule has 1 heterocycles. The quantitative estimate of drug-likeness (QED) is 0.578. The molecular formula is C9H7ClO3S. The van der Waals surface area contributed by atoms with Crippen molar-refractivity contribution in [3.8, 4) is 11.5 Å². The van der Waals surface area contributed by atoms with Crippen LogP contribution in [0, 0.1) is 0 Å². The van der Waals surface area contributed by atoms with Gasteiger partial charge in [-0.2, -0.15) is 0 Å². The maximum absolute atomic E-state index is 11.1. The third kappa shape index (κ3) is 1.44. The smallest absolute Gasteiger partial charge is 0.253 e. The average Bonchev–Trinajstić information content (AvgIpc) is 2.63. The summed E-state index contributed by atoms with van der Waals surface area (Å²) in [4.78, 5) is 11.8. The lowest BCUT2D eigenvalue weighted by Crippen LogP contribution is -1.95. The van der Waals surface area contributed by atoms with E-state index >= 15 is 0 Å². The lowest BCUT2D eigenvalue weighted by molar-refractivity contribution is 0.107. The average molecular weight is 231 g/mol. The van der Waals surface area contributed by atoms with E-state index in [9.17, 15) is 4.79 Å². The molecule has 0 aliphatic carbocycles. The van der Waals surface area contributed by atoms with Crippen LogP contribution < -0.4 is 9.47 Å². The van der Waals surface area contributed by atoms with Crippen LogP contribution in [0.5, 0.6) is 11.5 Å². The number of thioether (sulfide) groups is 1. The number of hydrogen-bond acceptors (Lipinski definition) is 4. The summed E-state index contributed by atoms with van der Waals surface area (Å²) in [5.41, 5.74) is 0.461. The van der Waals surface area contributed by atoms with E-state index in [0.29, 0.717) is 17.1 Å². The normalized spacial score (nSPS) is 13.0. The van der Waals surface area contributed by atoms with E-state index in [1.54, 1.807) is 12.1 Å². The van der Waals surface area contributed by atoms with Gasteiger partial charge in [-0.15, -0.1) is 11.8 Å². The van der Waals surface area contributed by atoms with Gasteiger partial charge in [0.25, 0.3) is 5.24 Å². The number of halogens is 1. The van der Waals surface area contributed by atoms with Gasteiger partial charge in [0, 0.05) is 0 Å². The highest BCUT2D eigenvalue weighted by Crippen LogP contribution is 2.42. The zero-order valence-electron chi connectivity index (χ0n) is 7.37. The lowest BCUT2D eigenvalue weighted by Gasteiger charge is -2.06. The predicted octanol–water partition coefficient (Wildman–Crippen LogP) is 2.52. The molecule has 0 fully saturated rings. The Kier molecular flexibility index (Phi) is 2.56. The first kappa shape index (κ1) is 9.68. The number of rotatable bonds is 2. The fraction of sp³-hybridized carbons (Fsp3) is 0.222. The summed E-state index contributed by atoms with van der Waals surface area (Å²) in [6.45, 7) is 0.197. The molecule has 74 valence electrons. The van der Waals surface area contributed by atoms with Crippen molar-refractivity contribution in [3.05, 3.63) is 17.7 Å². The maximum Gasteiger partial charge on any atom is 0.253 e. The zero-order chi connectivity index (χ0) is 10.1. The third-order valence-electron chi connectivity index (χ3n) is 1.91. The first-order valence-corrected chi connectivity index (χ1v) is 5.50. The number of fused-ring (bicyclic) bond motifs is 1. The Hall–Kier alpha value is -0.870. The van der Waals surface area contributed by atoms with Gasteiger partial charge in [-0.3, -0.25) is 4.79 Å². The molecule has 0 aromatic heterocycles. The van der Waals surface area contributed by atoms with Crippen LogP contribution in [0.3, 0.4) is 0 Å². The minimum absolute atomic E-state index is 0.197.